The number of anilines is 1. The van der Waals surface area contributed by atoms with Crippen molar-refractivity contribution < 1.29 is 19.0 Å². The van der Waals surface area contributed by atoms with Crippen LogP contribution in [0.15, 0.2) is 23.1 Å². The van der Waals surface area contributed by atoms with Gasteiger partial charge in [-0.3, -0.25) is 9.69 Å². The van der Waals surface area contributed by atoms with Crippen LogP contribution in [-0.4, -0.2) is 75.2 Å². The minimum absolute atomic E-state index is 0.00255. The fourth-order valence-corrected chi connectivity index (χ4v) is 6.09. The Morgan fingerprint density at radius 3 is 2.60 bits per heavy atom. The summed E-state index contributed by atoms with van der Waals surface area (Å²) in [4.78, 5) is 24.6. The Balaban J connectivity index is 1.63. The van der Waals surface area contributed by atoms with Crippen LogP contribution in [0.25, 0.3) is 22.2 Å². The second-order valence-corrected chi connectivity index (χ2v) is 11.6. The number of pyridine rings is 1. The molecular weight excluding hydrogens is 537 g/mol. The number of nitrogens with one attached hydrogen (secondary N) is 1. The summed E-state index contributed by atoms with van der Waals surface area (Å²) in [6, 6.07) is 3.45. The zero-order valence-electron chi connectivity index (χ0n) is 23.6. The van der Waals surface area contributed by atoms with Crippen molar-refractivity contribution in [3.63, 3.8) is 0 Å². The molecule has 0 unspecified atom stereocenters. The third kappa shape index (κ3) is 5.47. The maximum Gasteiger partial charge on any atom is 0.223 e. The monoisotopic (exact) mass is 573 g/mol. The van der Waals surface area contributed by atoms with Gasteiger partial charge >= 0.3 is 0 Å². The highest BCUT2D eigenvalue weighted by Crippen LogP contribution is 2.33. The Labute approximate surface area is 238 Å². The summed E-state index contributed by atoms with van der Waals surface area (Å²) in [5.74, 6) is -0.421. The van der Waals surface area contributed by atoms with Gasteiger partial charge in [-0.25, -0.2) is 14.4 Å². The lowest BCUT2D eigenvalue weighted by Gasteiger charge is -2.39. The summed E-state index contributed by atoms with van der Waals surface area (Å²) < 4.78 is 28.3. The highest BCUT2D eigenvalue weighted by molar-refractivity contribution is 6.35. The lowest BCUT2D eigenvalue weighted by Crippen LogP contribution is -2.49. The Morgan fingerprint density at radius 2 is 1.93 bits per heavy atom. The Bertz CT molecular complexity index is 1450. The maximum absolute atomic E-state index is 15.2. The Kier molecular flexibility index (Phi) is 8.45. The smallest absolute Gasteiger partial charge is 0.223 e. The van der Waals surface area contributed by atoms with Crippen LogP contribution in [0.2, 0.25) is 5.02 Å². The van der Waals surface area contributed by atoms with E-state index in [1.807, 2.05) is 6.92 Å². The molecule has 3 aromatic rings. The summed E-state index contributed by atoms with van der Waals surface area (Å²) in [6.07, 6.45) is 0.952. The molecule has 2 N–H and O–H groups in total. The number of rotatable bonds is 6. The van der Waals surface area contributed by atoms with Crippen LogP contribution in [-0.2, 0) is 16.0 Å². The molecule has 4 heterocycles. The third-order valence-electron chi connectivity index (χ3n) is 7.98. The standard InChI is InChI=1S/C29H37ClFN5O4/c1-15(2)36-23-9-19(27-21(31)10-32-29(34-27)33-22-6-7-39-14-25(22)37)8-20(30)26(23)28(38)18(5)24(36)11-35-16(3)12-40-13-17(35)4/h8-10,15-17,22,25,37H,6-7,11-14H2,1-5H3,(H,32,33,34)/t16-,17-,22+,25+/m0/s1. The first kappa shape index (κ1) is 28.9. The molecule has 0 amide bonds. The van der Waals surface area contributed by atoms with Gasteiger partial charge in [0.1, 0.15) is 5.69 Å². The van der Waals surface area contributed by atoms with Gasteiger partial charge < -0.3 is 24.5 Å². The normalized spacial score (nSPS) is 24.1. The topological polar surface area (TPSA) is 102 Å². The average Bonchev–Trinajstić information content (AvgIpc) is 2.90. The van der Waals surface area contributed by atoms with Crippen molar-refractivity contribution in [3.05, 3.63) is 50.7 Å². The van der Waals surface area contributed by atoms with Gasteiger partial charge in [0.15, 0.2) is 11.2 Å². The highest BCUT2D eigenvalue weighted by atomic mass is 35.5. The number of hydrogen-bond acceptors (Lipinski definition) is 8. The summed E-state index contributed by atoms with van der Waals surface area (Å²) in [6.45, 7) is 12.8. The molecule has 0 spiro atoms. The number of halogens is 2. The summed E-state index contributed by atoms with van der Waals surface area (Å²) >= 11 is 6.75. The summed E-state index contributed by atoms with van der Waals surface area (Å²) in [5, 5.41) is 14.0. The summed E-state index contributed by atoms with van der Waals surface area (Å²) in [5.41, 5.74) is 2.54. The number of nitrogens with zero attached hydrogens (tertiary/aromatic N) is 4. The first-order valence-electron chi connectivity index (χ1n) is 13.8. The van der Waals surface area contributed by atoms with Crippen LogP contribution in [0.3, 0.4) is 0 Å². The molecule has 0 aliphatic carbocycles. The van der Waals surface area contributed by atoms with E-state index >= 15 is 4.39 Å². The van der Waals surface area contributed by atoms with Crippen LogP contribution in [0.5, 0.6) is 0 Å². The first-order chi connectivity index (χ1) is 19.1. The highest BCUT2D eigenvalue weighted by Gasteiger charge is 2.29. The average molecular weight is 574 g/mol. The van der Waals surface area contributed by atoms with Gasteiger partial charge in [-0.15, -0.1) is 0 Å². The van der Waals surface area contributed by atoms with Crippen molar-refractivity contribution in [2.45, 2.75) is 77.9 Å². The number of aromatic nitrogens is 3. The largest absolute Gasteiger partial charge is 0.389 e. The molecule has 5 rings (SSSR count). The number of ether oxygens (including phenoxy) is 2. The molecule has 2 aliphatic heterocycles. The predicted octanol–water partition coefficient (Wildman–Crippen LogP) is 4.31. The van der Waals surface area contributed by atoms with Crippen LogP contribution < -0.4 is 10.7 Å². The van der Waals surface area contributed by atoms with E-state index in [0.717, 1.165) is 11.9 Å². The SMILES string of the molecule is Cc1c(CN2[C@@H](C)COC[C@@H]2C)n(C(C)C)c2cc(-c3nc(N[C@@H]4CCOC[C@H]4O)ncc3F)cc(Cl)c2c1=O. The number of hydrogen-bond donors (Lipinski definition) is 2. The van der Waals surface area contributed by atoms with Gasteiger partial charge in [0.25, 0.3) is 0 Å². The molecule has 216 valence electrons. The molecule has 0 radical (unpaired) electrons. The molecule has 2 aliphatic rings. The maximum atomic E-state index is 15.2. The van der Waals surface area contributed by atoms with Gasteiger partial charge in [-0.05, 0) is 53.2 Å². The summed E-state index contributed by atoms with van der Waals surface area (Å²) in [7, 11) is 0. The Hall–Kier alpha value is -2.63. The molecule has 0 bridgehead atoms. The quantitative estimate of drug-likeness (QED) is 0.450. The van der Waals surface area contributed by atoms with Crippen molar-refractivity contribution in [1.29, 1.82) is 0 Å². The van der Waals surface area contributed by atoms with Gasteiger partial charge in [0.2, 0.25) is 5.95 Å². The number of aliphatic hydroxyl groups is 1. The van der Waals surface area contributed by atoms with Crippen molar-refractivity contribution >= 4 is 28.5 Å². The van der Waals surface area contributed by atoms with E-state index in [1.165, 1.54) is 0 Å². The van der Waals surface area contributed by atoms with E-state index in [1.54, 1.807) is 12.1 Å². The molecule has 40 heavy (non-hydrogen) atoms. The van der Waals surface area contributed by atoms with Crippen LogP contribution >= 0.6 is 11.6 Å². The second kappa shape index (κ2) is 11.7. The van der Waals surface area contributed by atoms with Crippen molar-refractivity contribution in [2.75, 3.05) is 31.7 Å². The van der Waals surface area contributed by atoms with E-state index in [-0.39, 0.29) is 52.9 Å². The number of morpholine rings is 1. The van der Waals surface area contributed by atoms with Gasteiger partial charge in [-0.1, -0.05) is 11.6 Å². The molecule has 2 saturated heterocycles. The van der Waals surface area contributed by atoms with Crippen LogP contribution in [0.4, 0.5) is 10.3 Å². The van der Waals surface area contributed by atoms with Crippen LogP contribution in [0.1, 0.15) is 51.4 Å². The first-order valence-corrected chi connectivity index (χ1v) is 14.2. The zero-order chi connectivity index (χ0) is 28.7. The van der Waals surface area contributed by atoms with E-state index < -0.39 is 11.9 Å². The van der Waals surface area contributed by atoms with Gasteiger partial charge in [0.05, 0.1) is 54.1 Å². The fourth-order valence-electron chi connectivity index (χ4n) is 5.79. The van der Waals surface area contributed by atoms with Gasteiger partial charge in [-0.2, -0.15) is 0 Å². The zero-order valence-corrected chi connectivity index (χ0v) is 24.3. The molecule has 0 saturated carbocycles. The van der Waals surface area contributed by atoms with E-state index in [2.05, 4.69) is 52.4 Å². The molecule has 2 fully saturated rings. The van der Waals surface area contributed by atoms with Gasteiger partial charge in [0, 0.05) is 48.1 Å². The number of aliphatic hydroxyl groups excluding tert-OH is 1. The minimum Gasteiger partial charge on any atom is -0.389 e. The van der Waals surface area contributed by atoms with E-state index in [4.69, 9.17) is 21.1 Å². The fraction of sp³-hybridized carbons (Fsp3) is 0.552. The predicted molar refractivity (Wildman–Crippen MR) is 153 cm³/mol. The third-order valence-corrected chi connectivity index (χ3v) is 8.28. The minimum atomic E-state index is -0.722. The van der Waals surface area contributed by atoms with Crippen LogP contribution in [0, 0.1) is 12.7 Å². The molecule has 2 aromatic heterocycles. The van der Waals surface area contributed by atoms with E-state index in [9.17, 15) is 9.90 Å². The van der Waals surface area contributed by atoms with Crippen molar-refractivity contribution in [2.24, 2.45) is 0 Å². The Morgan fingerprint density at radius 1 is 1.20 bits per heavy atom. The lowest BCUT2D eigenvalue weighted by atomic mass is 10.0. The number of benzene rings is 1. The molecule has 9 nitrogen and oxygen atoms in total. The lowest BCUT2D eigenvalue weighted by molar-refractivity contribution is -0.0420. The molecule has 11 heteroatoms. The number of fused-ring (bicyclic) bond motifs is 1. The molecule has 4 atom stereocenters. The van der Waals surface area contributed by atoms with Crippen molar-refractivity contribution in [3.8, 4) is 11.3 Å². The molecular formula is C29H37ClFN5O4. The van der Waals surface area contributed by atoms with E-state index in [0.29, 0.717) is 54.8 Å². The molecule has 1 aromatic carbocycles. The van der Waals surface area contributed by atoms with Crippen molar-refractivity contribution in [1.82, 2.24) is 19.4 Å². The second-order valence-electron chi connectivity index (χ2n) is 11.2.